The van der Waals surface area contributed by atoms with Gasteiger partial charge in [0.15, 0.2) is 0 Å². The molecule has 0 saturated carbocycles. The molecule has 0 saturated heterocycles. The van der Waals surface area contributed by atoms with Crippen molar-refractivity contribution in [3.63, 3.8) is 0 Å². The molecule has 0 unspecified atom stereocenters. The summed E-state index contributed by atoms with van der Waals surface area (Å²) in [5, 5.41) is 9.06. The Bertz CT molecular complexity index is 429. The number of carbonyl (C=O) groups excluding carboxylic acids is 2. The highest BCUT2D eigenvalue weighted by Crippen LogP contribution is 2.13. The molecule has 1 N–H and O–H groups in total. The first-order valence-corrected chi connectivity index (χ1v) is 4.69. The van der Waals surface area contributed by atoms with Crippen LogP contribution >= 0.6 is 0 Å². The Balaban J connectivity index is 2.80. The highest BCUT2D eigenvalue weighted by Gasteiger charge is 2.08. The summed E-state index contributed by atoms with van der Waals surface area (Å²) in [4.78, 5) is 21.8. The van der Waals surface area contributed by atoms with Gasteiger partial charge in [0.05, 0.1) is 0 Å². The molecule has 0 aliphatic heterocycles. The lowest BCUT2D eigenvalue weighted by molar-refractivity contribution is -0.155. The van der Waals surface area contributed by atoms with Crippen molar-refractivity contribution in [1.29, 1.82) is 0 Å². The summed E-state index contributed by atoms with van der Waals surface area (Å²) in [5.74, 6) is -1.15. The molecule has 0 atom stereocenters. The third-order valence-electron chi connectivity index (χ3n) is 1.83. The predicted octanol–water partition coefficient (Wildman–Crippen LogP) is 1.89. The Hall–Kier alpha value is -2.10. The van der Waals surface area contributed by atoms with Gasteiger partial charge in [-0.3, -0.25) is 4.79 Å². The van der Waals surface area contributed by atoms with Gasteiger partial charge >= 0.3 is 11.9 Å². The van der Waals surface area contributed by atoms with Crippen LogP contribution in [0.3, 0.4) is 0 Å². The molecule has 1 aromatic rings. The zero-order chi connectivity index (χ0) is 12.1. The van der Waals surface area contributed by atoms with E-state index < -0.39 is 11.9 Å². The van der Waals surface area contributed by atoms with Crippen molar-refractivity contribution in [2.75, 3.05) is 0 Å². The van der Waals surface area contributed by atoms with E-state index in [0.717, 1.165) is 5.56 Å². The topological polar surface area (TPSA) is 63.6 Å². The smallest absolute Gasteiger partial charge is 0.341 e. The molecule has 1 rings (SSSR count). The highest BCUT2D eigenvalue weighted by molar-refractivity contribution is 5.98. The second kappa shape index (κ2) is 5.11. The summed E-state index contributed by atoms with van der Waals surface area (Å²) >= 11 is 0. The predicted molar refractivity (Wildman–Crippen MR) is 58.5 cm³/mol. The van der Waals surface area contributed by atoms with E-state index >= 15 is 0 Å². The van der Waals surface area contributed by atoms with Crippen LogP contribution in [0.2, 0.25) is 0 Å². The summed E-state index contributed by atoms with van der Waals surface area (Å²) < 4.78 is 4.41. The number of esters is 2. The maximum Gasteiger partial charge on any atom is 0.341 e. The Kier molecular flexibility index (Phi) is 3.83. The van der Waals surface area contributed by atoms with Gasteiger partial charge in [-0.2, -0.15) is 0 Å². The average Bonchev–Trinajstić information content (AvgIpc) is 2.20. The second-order valence-electron chi connectivity index (χ2n) is 3.30. The van der Waals surface area contributed by atoms with Gasteiger partial charge in [0, 0.05) is 12.5 Å². The van der Waals surface area contributed by atoms with Crippen molar-refractivity contribution in [2.24, 2.45) is 0 Å². The van der Waals surface area contributed by atoms with E-state index in [9.17, 15) is 9.59 Å². The van der Waals surface area contributed by atoms with Crippen LogP contribution in [0, 0.1) is 0 Å². The molecule has 4 heteroatoms. The van der Waals surface area contributed by atoms with E-state index in [0.29, 0.717) is 5.57 Å². The number of hydrogen-bond acceptors (Lipinski definition) is 4. The van der Waals surface area contributed by atoms with Crippen molar-refractivity contribution in [1.82, 2.24) is 0 Å². The SMILES string of the molecule is CC(=O)OC(=O)C(C)=Cc1ccc(O)cc1. The minimum Gasteiger partial charge on any atom is -0.508 e. The van der Waals surface area contributed by atoms with Crippen molar-refractivity contribution < 1.29 is 19.4 Å². The Morgan fingerprint density at radius 3 is 2.25 bits per heavy atom. The van der Waals surface area contributed by atoms with Crippen molar-refractivity contribution in [2.45, 2.75) is 13.8 Å². The van der Waals surface area contributed by atoms with Crippen LogP contribution in [-0.2, 0) is 14.3 Å². The van der Waals surface area contributed by atoms with Crippen LogP contribution in [0.5, 0.6) is 5.75 Å². The molecular formula is C12H12O4. The number of carbonyl (C=O) groups is 2. The molecule has 16 heavy (non-hydrogen) atoms. The Morgan fingerprint density at radius 2 is 1.75 bits per heavy atom. The minimum absolute atomic E-state index is 0.154. The summed E-state index contributed by atoms with van der Waals surface area (Å²) in [7, 11) is 0. The largest absolute Gasteiger partial charge is 0.508 e. The van der Waals surface area contributed by atoms with E-state index in [2.05, 4.69) is 4.74 Å². The summed E-state index contributed by atoms with van der Waals surface area (Å²) in [6.45, 7) is 2.73. The van der Waals surface area contributed by atoms with Crippen LogP contribution in [0.15, 0.2) is 29.8 Å². The molecule has 0 aliphatic carbocycles. The van der Waals surface area contributed by atoms with Crippen molar-refractivity contribution >= 4 is 18.0 Å². The summed E-state index contributed by atoms with van der Waals surface area (Å²) in [5.41, 5.74) is 1.07. The Morgan fingerprint density at radius 1 is 1.19 bits per heavy atom. The monoisotopic (exact) mass is 220 g/mol. The van der Waals surface area contributed by atoms with Gasteiger partial charge < -0.3 is 9.84 Å². The lowest BCUT2D eigenvalue weighted by atomic mass is 10.1. The Labute approximate surface area is 93.2 Å². The van der Waals surface area contributed by atoms with Gasteiger partial charge in [0.1, 0.15) is 5.75 Å². The lowest BCUT2D eigenvalue weighted by Gasteiger charge is -2.00. The molecule has 0 radical (unpaired) electrons. The normalized spacial score (nSPS) is 11.0. The zero-order valence-corrected chi connectivity index (χ0v) is 9.06. The van der Waals surface area contributed by atoms with Gasteiger partial charge in [-0.1, -0.05) is 12.1 Å². The van der Waals surface area contributed by atoms with Gasteiger partial charge in [0.2, 0.25) is 0 Å². The standard InChI is InChI=1S/C12H12O4/c1-8(12(15)16-9(2)13)7-10-3-5-11(14)6-4-10/h3-7,14H,1-2H3. The van der Waals surface area contributed by atoms with E-state index in [-0.39, 0.29) is 5.75 Å². The van der Waals surface area contributed by atoms with Crippen LogP contribution in [0.25, 0.3) is 6.08 Å². The van der Waals surface area contributed by atoms with Crippen molar-refractivity contribution in [3.05, 3.63) is 35.4 Å². The van der Waals surface area contributed by atoms with Gasteiger partial charge in [-0.15, -0.1) is 0 Å². The molecule has 0 amide bonds. The number of rotatable bonds is 2. The van der Waals surface area contributed by atoms with E-state index in [4.69, 9.17) is 5.11 Å². The third-order valence-corrected chi connectivity index (χ3v) is 1.83. The fourth-order valence-electron chi connectivity index (χ4n) is 1.09. The molecule has 1 aromatic carbocycles. The molecule has 0 aliphatic rings. The number of phenols is 1. The van der Waals surface area contributed by atoms with Gasteiger partial charge in [-0.25, -0.2) is 4.79 Å². The lowest BCUT2D eigenvalue weighted by Crippen LogP contribution is -2.09. The molecule has 4 nitrogen and oxygen atoms in total. The fraction of sp³-hybridized carbons (Fsp3) is 0.167. The van der Waals surface area contributed by atoms with Gasteiger partial charge in [-0.05, 0) is 30.7 Å². The number of ether oxygens (including phenoxy) is 1. The molecule has 0 aromatic heterocycles. The summed E-state index contributed by atoms with van der Waals surface area (Å²) in [6, 6.07) is 6.32. The van der Waals surface area contributed by atoms with E-state index in [1.165, 1.54) is 19.1 Å². The molecule has 0 bridgehead atoms. The molecule has 0 heterocycles. The van der Waals surface area contributed by atoms with Crippen LogP contribution in [0.4, 0.5) is 0 Å². The number of aromatic hydroxyl groups is 1. The van der Waals surface area contributed by atoms with Crippen LogP contribution in [0.1, 0.15) is 19.4 Å². The van der Waals surface area contributed by atoms with Crippen LogP contribution in [-0.4, -0.2) is 17.0 Å². The van der Waals surface area contributed by atoms with Crippen molar-refractivity contribution in [3.8, 4) is 5.75 Å². The molecular weight excluding hydrogens is 208 g/mol. The molecule has 84 valence electrons. The van der Waals surface area contributed by atoms with Gasteiger partial charge in [0.25, 0.3) is 0 Å². The third kappa shape index (κ3) is 3.57. The number of benzene rings is 1. The van der Waals surface area contributed by atoms with E-state index in [1.54, 1.807) is 25.1 Å². The quantitative estimate of drug-likeness (QED) is 0.469. The second-order valence-corrected chi connectivity index (χ2v) is 3.30. The number of phenolic OH excluding ortho intramolecular Hbond substituents is 1. The summed E-state index contributed by atoms with van der Waals surface area (Å²) in [6.07, 6.45) is 1.57. The number of hydrogen-bond donors (Lipinski definition) is 1. The maximum atomic E-state index is 11.3. The first kappa shape index (κ1) is 12.0. The minimum atomic E-state index is -0.666. The maximum absolute atomic E-state index is 11.3. The molecule has 0 spiro atoms. The van der Waals surface area contributed by atoms with Crippen LogP contribution < -0.4 is 0 Å². The highest BCUT2D eigenvalue weighted by atomic mass is 16.6. The zero-order valence-electron chi connectivity index (χ0n) is 9.06. The van der Waals surface area contributed by atoms with E-state index in [1.807, 2.05) is 0 Å². The first-order valence-electron chi connectivity index (χ1n) is 4.69. The first-order chi connectivity index (χ1) is 7.49. The molecule has 0 fully saturated rings. The fourth-order valence-corrected chi connectivity index (χ4v) is 1.09. The average molecular weight is 220 g/mol.